The van der Waals surface area contributed by atoms with Crippen LogP contribution in [-0.2, 0) is 4.79 Å². The summed E-state index contributed by atoms with van der Waals surface area (Å²) in [5.74, 6) is -0.925. The Morgan fingerprint density at radius 1 is 1.05 bits per heavy atom. The van der Waals surface area contributed by atoms with Crippen LogP contribution in [0, 0.1) is 5.92 Å². The normalized spacial score (nSPS) is 16.8. The third-order valence-corrected chi connectivity index (χ3v) is 4.28. The lowest BCUT2D eigenvalue weighted by molar-refractivity contribution is -0.122. The van der Waals surface area contributed by atoms with Crippen LogP contribution in [0.5, 0.6) is 0 Å². The first-order valence-electron chi connectivity index (χ1n) is 7.71. The van der Waals surface area contributed by atoms with Gasteiger partial charge >= 0.3 is 5.97 Å². The molecule has 0 aromatic heterocycles. The number of amides is 1. The molecule has 0 bridgehead atoms. The number of anilines is 1. The first-order valence-corrected chi connectivity index (χ1v) is 7.71. The van der Waals surface area contributed by atoms with Crippen molar-refractivity contribution in [2.45, 2.75) is 44.9 Å². The number of carboxylic acids is 1. The zero-order valence-electron chi connectivity index (χ0n) is 12.5. The number of nitrogens with zero attached hydrogens (tertiary/aromatic N) is 1. The predicted molar refractivity (Wildman–Crippen MR) is 82.6 cm³/mol. The monoisotopic (exact) mass is 289 g/mol. The Bertz CT molecular complexity index is 505. The summed E-state index contributed by atoms with van der Waals surface area (Å²) < 4.78 is 0. The Morgan fingerprint density at radius 2 is 1.62 bits per heavy atom. The summed E-state index contributed by atoms with van der Waals surface area (Å²) in [6.07, 6.45) is 7.66. The van der Waals surface area contributed by atoms with Gasteiger partial charge in [0, 0.05) is 13.0 Å². The van der Waals surface area contributed by atoms with Gasteiger partial charge in [-0.15, -0.1) is 0 Å². The minimum Gasteiger partial charge on any atom is -0.478 e. The zero-order valence-corrected chi connectivity index (χ0v) is 12.5. The molecular formula is C17H23NO3. The van der Waals surface area contributed by atoms with Crippen LogP contribution in [0.3, 0.4) is 0 Å². The van der Waals surface area contributed by atoms with Gasteiger partial charge in [0.15, 0.2) is 0 Å². The van der Waals surface area contributed by atoms with E-state index in [2.05, 4.69) is 0 Å². The third kappa shape index (κ3) is 3.84. The number of hydrogen-bond donors (Lipinski definition) is 1. The van der Waals surface area contributed by atoms with E-state index in [9.17, 15) is 14.7 Å². The fourth-order valence-corrected chi connectivity index (χ4v) is 3.04. The second-order valence-electron chi connectivity index (χ2n) is 5.76. The average Bonchev–Trinajstić information content (AvgIpc) is 2.45. The molecule has 0 spiro atoms. The lowest BCUT2D eigenvalue weighted by atomic mass is 9.90. The Balaban J connectivity index is 2.16. The van der Waals surface area contributed by atoms with Gasteiger partial charge in [-0.25, -0.2) is 4.79 Å². The van der Waals surface area contributed by atoms with Gasteiger partial charge in [-0.3, -0.25) is 4.79 Å². The minimum absolute atomic E-state index is 0.0251. The van der Waals surface area contributed by atoms with E-state index in [-0.39, 0.29) is 17.4 Å². The first-order chi connectivity index (χ1) is 10.1. The number of aromatic carboxylic acids is 1. The second kappa shape index (κ2) is 7.25. The predicted octanol–water partition coefficient (Wildman–Crippen LogP) is 3.71. The molecular weight excluding hydrogens is 266 g/mol. The standard InChI is InChI=1S/C17H23NO3/c1-18(15-12-8-7-11-14(15)17(20)21)16(19)13-9-5-3-2-4-6-10-13/h7-8,11-13H,2-6,9-10H2,1H3,(H,20,21). The maximum Gasteiger partial charge on any atom is 0.337 e. The number of para-hydroxylation sites is 1. The van der Waals surface area contributed by atoms with Crippen molar-refractivity contribution in [2.24, 2.45) is 5.92 Å². The number of benzene rings is 1. The molecule has 1 aromatic rings. The molecule has 0 unspecified atom stereocenters. The third-order valence-electron chi connectivity index (χ3n) is 4.28. The molecule has 1 fully saturated rings. The van der Waals surface area contributed by atoms with Gasteiger partial charge in [-0.2, -0.15) is 0 Å². The molecule has 1 aliphatic carbocycles. The molecule has 1 aromatic carbocycles. The van der Waals surface area contributed by atoms with Crippen LogP contribution in [0.4, 0.5) is 5.69 Å². The average molecular weight is 289 g/mol. The number of carboxylic acid groups (broad SMARTS) is 1. The Labute approximate surface area is 125 Å². The summed E-state index contributed by atoms with van der Waals surface area (Å²) in [6, 6.07) is 6.69. The smallest absolute Gasteiger partial charge is 0.337 e. The molecule has 0 atom stereocenters. The van der Waals surface area contributed by atoms with Gasteiger partial charge in [0.25, 0.3) is 0 Å². The molecule has 1 aliphatic rings. The van der Waals surface area contributed by atoms with Crippen molar-refractivity contribution in [1.82, 2.24) is 0 Å². The first kappa shape index (κ1) is 15.5. The van der Waals surface area contributed by atoms with Crippen LogP contribution in [0.2, 0.25) is 0 Å². The van der Waals surface area contributed by atoms with Crippen molar-refractivity contribution in [3.63, 3.8) is 0 Å². The molecule has 2 rings (SSSR count). The summed E-state index contributed by atoms with van der Waals surface area (Å²) in [4.78, 5) is 25.5. The minimum atomic E-state index is -0.997. The second-order valence-corrected chi connectivity index (χ2v) is 5.76. The van der Waals surface area contributed by atoms with E-state index in [0.717, 1.165) is 25.7 Å². The van der Waals surface area contributed by atoms with Gasteiger partial charge in [0.1, 0.15) is 0 Å². The maximum absolute atomic E-state index is 12.7. The summed E-state index contributed by atoms with van der Waals surface area (Å²) in [5.41, 5.74) is 0.663. The van der Waals surface area contributed by atoms with Crippen LogP contribution in [-0.4, -0.2) is 24.0 Å². The Morgan fingerprint density at radius 3 is 2.24 bits per heavy atom. The molecule has 4 nitrogen and oxygen atoms in total. The molecule has 0 saturated heterocycles. The Hall–Kier alpha value is -1.84. The molecule has 1 N–H and O–H groups in total. The lowest BCUT2D eigenvalue weighted by Crippen LogP contribution is -2.34. The summed E-state index contributed by atoms with van der Waals surface area (Å²) in [5, 5.41) is 9.25. The van der Waals surface area contributed by atoms with E-state index >= 15 is 0 Å². The van der Waals surface area contributed by atoms with E-state index in [4.69, 9.17) is 0 Å². The van der Waals surface area contributed by atoms with Crippen LogP contribution >= 0.6 is 0 Å². The Kier molecular flexibility index (Phi) is 5.37. The molecule has 0 heterocycles. The zero-order chi connectivity index (χ0) is 15.2. The van der Waals surface area contributed by atoms with E-state index in [1.807, 2.05) is 0 Å². The van der Waals surface area contributed by atoms with Gasteiger partial charge in [0.05, 0.1) is 11.3 Å². The number of carbonyl (C=O) groups excluding carboxylic acids is 1. The molecule has 114 valence electrons. The number of hydrogen-bond acceptors (Lipinski definition) is 2. The van der Waals surface area contributed by atoms with E-state index in [1.165, 1.54) is 24.2 Å². The fourth-order valence-electron chi connectivity index (χ4n) is 3.04. The molecule has 4 heteroatoms. The van der Waals surface area contributed by atoms with Crippen LogP contribution in [0.25, 0.3) is 0 Å². The van der Waals surface area contributed by atoms with Crippen molar-refractivity contribution in [3.05, 3.63) is 29.8 Å². The van der Waals surface area contributed by atoms with Crippen molar-refractivity contribution in [2.75, 3.05) is 11.9 Å². The quantitative estimate of drug-likeness (QED) is 0.922. The molecule has 0 aliphatic heterocycles. The lowest BCUT2D eigenvalue weighted by Gasteiger charge is -2.26. The highest BCUT2D eigenvalue weighted by molar-refractivity contribution is 6.02. The van der Waals surface area contributed by atoms with Crippen LogP contribution in [0.1, 0.15) is 55.3 Å². The van der Waals surface area contributed by atoms with Crippen LogP contribution < -0.4 is 4.90 Å². The molecule has 1 amide bonds. The number of carbonyl (C=O) groups is 2. The van der Waals surface area contributed by atoms with Crippen LogP contribution in [0.15, 0.2) is 24.3 Å². The van der Waals surface area contributed by atoms with E-state index < -0.39 is 5.97 Å². The van der Waals surface area contributed by atoms with E-state index in [1.54, 1.807) is 31.3 Å². The van der Waals surface area contributed by atoms with Crippen molar-refractivity contribution >= 4 is 17.6 Å². The van der Waals surface area contributed by atoms with Gasteiger partial charge in [0.2, 0.25) is 5.91 Å². The maximum atomic E-state index is 12.7. The highest BCUT2D eigenvalue weighted by atomic mass is 16.4. The SMILES string of the molecule is CN(C(=O)C1CCCCCCC1)c1ccccc1C(=O)O. The van der Waals surface area contributed by atoms with Crippen molar-refractivity contribution in [3.8, 4) is 0 Å². The van der Waals surface area contributed by atoms with Gasteiger partial charge in [-0.05, 0) is 25.0 Å². The summed E-state index contributed by atoms with van der Waals surface area (Å²) in [7, 11) is 1.68. The summed E-state index contributed by atoms with van der Waals surface area (Å²) in [6.45, 7) is 0. The highest BCUT2D eigenvalue weighted by Gasteiger charge is 2.25. The molecule has 21 heavy (non-hydrogen) atoms. The molecule has 0 radical (unpaired) electrons. The molecule has 1 saturated carbocycles. The largest absolute Gasteiger partial charge is 0.478 e. The highest BCUT2D eigenvalue weighted by Crippen LogP contribution is 2.27. The van der Waals surface area contributed by atoms with Crippen molar-refractivity contribution in [1.29, 1.82) is 0 Å². The van der Waals surface area contributed by atoms with E-state index in [0.29, 0.717) is 5.69 Å². The summed E-state index contributed by atoms with van der Waals surface area (Å²) >= 11 is 0. The van der Waals surface area contributed by atoms with Gasteiger partial charge < -0.3 is 10.0 Å². The topological polar surface area (TPSA) is 57.6 Å². The number of rotatable bonds is 3. The van der Waals surface area contributed by atoms with Gasteiger partial charge in [-0.1, -0.05) is 44.2 Å². The van der Waals surface area contributed by atoms with Crippen molar-refractivity contribution < 1.29 is 14.7 Å². The fraction of sp³-hybridized carbons (Fsp3) is 0.529.